The van der Waals surface area contributed by atoms with Crippen LogP contribution in [0.4, 0.5) is 0 Å². The number of aryl methyl sites for hydroxylation is 2. The lowest BCUT2D eigenvalue weighted by Gasteiger charge is -2.05. The number of Topliss-reactive ketones (excluding diaryl/α,β-unsaturated/α-hetero) is 2. The molecule has 96 valence electrons. The van der Waals surface area contributed by atoms with Crippen LogP contribution in [-0.2, 0) is 14.3 Å². The Morgan fingerprint density at radius 1 is 1.17 bits per heavy atom. The first kappa shape index (κ1) is 14.1. The second kappa shape index (κ2) is 6.10. The third-order valence-electron chi connectivity index (χ3n) is 2.52. The number of carbonyl (C=O) groups is 3. The largest absolute Gasteiger partial charge is 0.460 e. The van der Waals surface area contributed by atoms with Gasteiger partial charge >= 0.3 is 5.97 Å². The van der Waals surface area contributed by atoms with Crippen molar-refractivity contribution in [2.24, 2.45) is 0 Å². The second-order valence-corrected chi connectivity index (χ2v) is 4.06. The molecule has 1 aromatic carbocycles. The van der Waals surface area contributed by atoms with Gasteiger partial charge in [-0.1, -0.05) is 17.7 Å². The predicted molar refractivity (Wildman–Crippen MR) is 66.5 cm³/mol. The van der Waals surface area contributed by atoms with E-state index in [4.69, 9.17) is 0 Å². The Morgan fingerprint density at radius 3 is 2.44 bits per heavy atom. The molecular formula is C14H16O4. The molecule has 0 N–H and O–H groups in total. The number of ketones is 2. The normalized spacial score (nSPS) is 9.94. The van der Waals surface area contributed by atoms with Crippen molar-refractivity contribution < 1.29 is 19.1 Å². The maximum absolute atomic E-state index is 11.9. The van der Waals surface area contributed by atoms with Gasteiger partial charge in [0, 0.05) is 5.56 Å². The quantitative estimate of drug-likeness (QED) is 0.346. The molecule has 0 aliphatic heterocycles. The lowest BCUT2D eigenvalue weighted by Crippen LogP contribution is -2.21. The van der Waals surface area contributed by atoms with E-state index in [0.717, 1.165) is 11.1 Å². The fourth-order valence-corrected chi connectivity index (χ4v) is 1.56. The summed E-state index contributed by atoms with van der Waals surface area (Å²) >= 11 is 0. The van der Waals surface area contributed by atoms with Gasteiger partial charge in [-0.05, 0) is 32.4 Å². The molecule has 0 aliphatic carbocycles. The van der Waals surface area contributed by atoms with Gasteiger partial charge < -0.3 is 4.74 Å². The van der Waals surface area contributed by atoms with Crippen molar-refractivity contribution in [3.63, 3.8) is 0 Å². The molecule has 1 aromatic rings. The Balaban J connectivity index is 2.80. The summed E-state index contributed by atoms with van der Waals surface area (Å²) < 4.78 is 4.55. The van der Waals surface area contributed by atoms with E-state index in [2.05, 4.69) is 4.74 Å². The molecule has 0 radical (unpaired) electrons. The molecule has 0 aliphatic rings. The standard InChI is InChI=1S/C14H16O4/c1-4-18-14(17)13(16)8-12(15)11-7-9(2)5-6-10(11)3/h5-7H,4,8H2,1-3H3. The van der Waals surface area contributed by atoms with E-state index in [-0.39, 0.29) is 12.4 Å². The van der Waals surface area contributed by atoms with E-state index in [1.165, 1.54) is 0 Å². The van der Waals surface area contributed by atoms with E-state index in [0.29, 0.717) is 5.56 Å². The Kier molecular flexibility index (Phi) is 4.77. The molecule has 0 spiro atoms. The summed E-state index contributed by atoms with van der Waals surface area (Å²) in [7, 11) is 0. The molecular weight excluding hydrogens is 232 g/mol. The minimum Gasteiger partial charge on any atom is -0.460 e. The van der Waals surface area contributed by atoms with Crippen molar-refractivity contribution in [3.8, 4) is 0 Å². The first-order chi connectivity index (χ1) is 8.45. The Morgan fingerprint density at radius 2 is 1.83 bits per heavy atom. The Hall–Kier alpha value is -1.97. The number of hydrogen-bond acceptors (Lipinski definition) is 4. The summed E-state index contributed by atoms with van der Waals surface area (Å²) in [4.78, 5) is 34.5. The van der Waals surface area contributed by atoms with Gasteiger partial charge in [0.2, 0.25) is 5.78 Å². The van der Waals surface area contributed by atoms with Gasteiger partial charge in [0.1, 0.15) is 0 Å². The fourth-order valence-electron chi connectivity index (χ4n) is 1.56. The number of carbonyl (C=O) groups excluding carboxylic acids is 3. The van der Waals surface area contributed by atoms with Crippen LogP contribution in [0.5, 0.6) is 0 Å². The third-order valence-corrected chi connectivity index (χ3v) is 2.52. The lowest BCUT2D eigenvalue weighted by molar-refractivity contribution is -0.153. The highest BCUT2D eigenvalue weighted by Crippen LogP contribution is 2.13. The fraction of sp³-hybridized carbons (Fsp3) is 0.357. The average molecular weight is 248 g/mol. The summed E-state index contributed by atoms with van der Waals surface area (Å²) in [5.41, 5.74) is 2.21. The van der Waals surface area contributed by atoms with Crippen LogP contribution in [0.2, 0.25) is 0 Å². The highest BCUT2D eigenvalue weighted by atomic mass is 16.5. The third kappa shape index (κ3) is 3.52. The van der Waals surface area contributed by atoms with Crippen LogP contribution in [0.15, 0.2) is 18.2 Å². The first-order valence-corrected chi connectivity index (χ1v) is 5.76. The van der Waals surface area contributed by atoms with Gasteiger partial charge in [0.05, 0.1) is 13.0 Å². The number of ether oxygens (including phenoxy) is 1. The summed E-state index contributed by atoms with van der Waals surface area (Å²) in [5.74, 6) is -2.10. The van der Waals surface area contributed by atoms with Crippen LogP contribution in [0.25, 0.3) is 0 Å². The topological polar surface area (TPSA) is 60.4 Å². The van der Waals surface area contributed by atoms with Crippen molar-refractivity contribution in [2.45, 2.75) is 27.2 Å². The van der Waals surface area contributed by atoms with Crippen molar-refractivity contribution >= 4 is 17.5 Å². The minimum atomic E-state index is -0.948. The van der Waals surface area contributed by atoms with E-state index >= 15 is 0 Å². The summed E-state index contributed by atoms with van der Waals surface area (Å²) in [6, 6.07) is 5.42. The highest BCUT2D eigenvalue weighted by molar-refractivity contribution is 6.38. The molecule has 0 fully saturated rings. The van der Waals surface area contributed by atoms with Crippen molar-refractivity contribution in [1.82, 2.24) is 0 Å². The number of benzene rings is 1. The first-order valence-electron chi connectivity index (χ1n) is 5.76. The molecule has 0 unspecified atom stereocenters. The number of hydrogen-bond donors (Lipinski definition) is 0. The summed E-state index contributed by atoms with van der Waals surface area (Å²) in [6.45, 7) is 5.39. The molecule has 0 heterocycles. The van der Waals surface area contributed by atoms with Gasteiger partial charge in [-0.2, -0.15) is 0 Å². The molecule has 0 atom stereocenters. The van der Waals surface area contributed by atoms with Gasteiger partial charge in [-0.3, -0.25) is 9.59 Å². The van der Waals surface area contributed by atoms with E-state index in [1.54, 1.807) is 19.9 Å². The second-order valence-electron chi connectivity index (χ2n) is 4.06. The zero-order valence-electron chi connectivity index (χ0n) is 10.8. The van der Waals surface area contributed by atoms with Gasteiger partial charge in [-0.15, -0.1) is 0 Å². The SMILES string of the molecule is CCOC(=O)C(=O)CC(=O)c1cc(C)ccc1C. The highest BCUT2D eigenvalue weighted by Gasteiger charge is 2.20. The van der Waals surface area contributed by atoms with Crippen LogP contribution in [0, 0.1) is 13.8 Å². The number of esters is 1. The van der Waals surface area contributed by atoms with Gasteiger partial charge in [0.25, 0.3) is 0 Å². The van der Waals surface area contributed by atoms with Gasteiger partial charge in [-0.25, -0.2) is 4.79 Å². The van der Waals surface area contributed by atoms with E-state index < -0.39 is 18.2 Å². The Bertz CT molecular complexity index is 489. The van der Waals surface area contributed by atoms with Crippen LogP contribution in [0.1, 0.15) is 34.8 Å². The molecule has 4 nitrogen and oxygen atoms in total. The zero-order chi connectivity index (χ0) is 13.7. The maximum Gasteiger partial charge on any atom is 0.375 e. The molecule has 0 amide bonds. The molecule has 0 aromatic heterocycles. The smallest absolute Gasteiger partial charge is 0.375 e. The van der Waals surface area contributed by atoms with Crippen LogP contribution in [0.3, 0.4) is 0 Å². The summed E-state index contributed by atoms with van der Waals surface area (Å²) in [6.07, 6.45) is -0.441. The molecule has 4 heteroatoms. The number of rotatable bonds is 5. The van der Waals surface area contributed by atoms with Crippen LogP contribution in [-0.4, -0.2) is 24.1 Å². The molecule has 1 rings (SSSR count). The van der Waals surface area contributed by atoms with E-state index in [1.807, 2.05) is 19.1 Å². The van der Waals surface area contributed by atoms with Crippen molar-refractivity contribution in [3.05, 3.63) is 34.9 Å². The minimum absolute atomic E-state index is 0.127. The van der Waals surface area contributed by atoms with Crippen LogP contribution < -0.4 is 0 Å². The maximum atomic E-state index is 11.9. The van der Waals surface area contributed by atoms with Crippen LogP contribution >= 0.6 is 0 Å². The molecule has 0 bridgehead atoms. The van der Waals surface area contributed by atoms with E-state index in [9.17, 15) is 14.4 Å². The van der Waals surface area contributed by atoms with Crippen molar-refractivity contribution in [1.29, 1.82) is 0 Å². The summed E-state index contributed by atoms with van der Waals surface area (Å²) in [5, 5.41) is 0. The predicted octanol–water partition coefficient (Wildman–Crippen LogP) is 2.01. The monoisotopic (exact) mass is 248 g/mol. The van der Waals surface area contributed by atoms with Crippen molar-refractivity contribution in [2.75, 3.05) is 6.61 Å². The zero-order valence-corrected chi connectivity index (χ0v) is 10.8. The molecule has 18 heavy (non-hydrogen) atoms. The lowest BCUT2D eigenvalue weighted by atomic mass is 9.99. The average Bonchev–Trinajstić information content (AvgIpc) is 2.32. The molecule has 0 saturated heterocycles. The molecule has 0 saturated carbocycles. The Labute approximate surface area is 106 Å². The van der Waals surface area contributed by atoms with Gasteiger partial charge in [0.15, 0.2) is 5.78 Å².